The minimum absolute atomic E-state index is 0.0235. The van der Waals surface area contributed by atoms with E-state index in [2.05, 4.69) is 25.0 Å². The first-order valence-corrected chi connectivity index (χ1v) is 7.59. The van der Waals surface area contributed by atoms with Crippen LogP contribution in [-0.2, 0) is 10.0 Å². The lowest BCUT2D eigenvalue weighted by atomic mass is 10.5. The van der Waals surface area contributed by atoms with Crippen molar-refractivity contribution in [1.82, 2.24) is 19.7 Å². The van der Waals surface area contributed by atoms with Crippen LogP contribution in [0.3, 0.4) is 0 Å². The summed E-state index contributed by atoms with van der Waals surface area (Å²) in [6.45, 7) is 3.79. The standard InChI is InChI=1S/C9H16ClN5O3S/c1-6(2)18-9-14-7(10)13-8(15-9)12-4-5-19(16,17)11-3/h6,11H,4-5H2,1-3H3,(H,12,13,14,15). The summed E-state index contributed by atoms with van der Waals surface area (Å²) < 4.78 is 29.9. The van der Waals surface area contributed by atoms with Gasteiger partial charge in [-0.25, -0.2) is 13.1 Å². The van der Waals surface area contributed by atoms with E-state index in [1.54, 1.807) is 0 Å². The van der Waals surface area contributed by atoms with Crippen molar-refractivity contribution < 1.29 is 13.2 Å². The van der Waals surface area contributed by atoms with Crippen molar-refractivity contribution in [3.05, 3.63) is 5.28 Å². The van der Waals surface area contributed by atoms with Gasteiger partial charge in [0, 0.05) is 6.54 Å². The van der Waals surface area contributed by atoms with Gasteiger partial charge in [-0.3, -0.25) is 0 Å². The molecule has 1 aromatic rings. The number of hydrogen-bond donors (Lipinski definition) is 2. The van der Waals surface area contributed by atoms with Crippen LogP contribution in [0.1, 0.15) is 13.8 Å². The lowest BCUT2D eigenvalue weighted by Gasteiger charge is -2.09. The summed E-state index contributed by atoms with van der Waals surface area (Å²) in [5.41, 5.74) is 0. The van der Waals surface area contributed by atoms with Gasteiger partial charge in [-0.05, 0) is 32.5 Å². The van der Waals surface area contributed by atoms with Gasteiger partial charge in [0.05, 0.1) is 11.9 Å². The summed E-state index contributed by atoms with van der Waals surface area (Å²) in [6, 6.07) is 0.0916. The Morgan fingerprint density at radius 1 is 1.32 bits per heavy atom. The van der Waals surface area contributed by atoms with Crippen LogP contribution in [0.15, 0.2) is 0 Å². The molecule has 1 aromatic heterocycles. The second kappa shape index (κ2) is 6.83. The van der Waals surface area contributed by atoms with Crippen molar-refractivity contribution in [3.8, 4) is 6.01 Å². The number of nitrogens with one attached hydrogen (secondary N) is 2. The highest BCUT2D eigenvalue weighted by molar-refractivity contribution is 7.89. The predicted molar refractivity (Wildman–Crippen MR) is 71.9 cm³/mol. The minimum Gasteiger partial charge on any atom is -0.461 e. The molecule has 0 saturated carbocycles. The molecule has 0 fully saturated rings. The van der Waals surface area contributed by atoms with E-state index in [9.17, 15) is 8.42 Å². The van der Waals surface area contributed by atoms with Crippen LogP contribution in [-0.4, -0.2) is 48.8 Å². The number of halogens is 1. The molecule has 1 rings (SSSR count). The van der Waals surface area contributed by atoms with Crippen LogP contribution in [0, 0.1) is 0 Å². The molecule has 0 spiro atoms. The Morgan fingerprint density at radius 2 is 2.00 bits per heavy atom. The van der Waals surface area contributed by atoms with E-state index in [0.717, 1.165) is 0 Å². The molecule has 1 heterocycles. The van der Waals surface area contributed by atoms with Crippen LogP contribution in [0.5, 0.6) is 6.01 Å². The van der Waals surface area contributed by atoms with E-state index in [4.69, 9.17) is 16.3 Å². The molecule has 0 aliphatic heterocycles. The number of anilines is 1. The Morgan fingerprint density at radius 3 is 2.58 bits per heavy atom. The van der Waals surface area contributed by atoms with Gasteiger partial charge in [0.1, 0.15) is 0 Å². The molecule has 0 aromatic carbocycles. The highest BCUT2D eigenvalue weighted by Gasteiger charge is 2.10. The average molecular weight is 310 g/mol. The summed E-state index contributed by atoms with van der Waals surface area (Å²) in [4.78, 5) is 11.6. The Bertz CT molecular complexity index is 523. The summed E-state index contributed by atoms with van der Waals surface area (Å²) in [5.74, 6) is 0.0645. The van der Waals surface area contributed by atoms with Crippen molar-refractivity contribution in [1.29, 1.82) is 0 Å². The van der Waals surface area contributed by atoms with Crippen LogP contribution in [0.4, 0.5) is 5.95 Å². The van der Waals surface area contributed by atoms with E-state index in [-0.39, 0.29) is 35.6 Å². The smallest absolute Gasteiger partial charge is 0.322 e. The van der Waals surface area contributed by atoms with Gasteiger partial charge in [0.2, 0.25) is 21.3 Å². The zero-order valence-electron chi connectivity index (χ0n) is 10.8. The Kier molecular flexibility index (Phi) is 5.70. The van der Waals surface area contributed by atoms with E-state index in [0.29, 0.717) is 0 Å². The van der Waals surface area contributed by atoms with Gasteiger partial charge in [-0.1, -0.05) is 0 Å². The summed E-state index contributed by atoms with van der Waals surface area (Å²) in [5, 5.41) is 2.72. The van der Waals surface area contributed by atoms with E-state index in [1.165, 1.54) is 7.05 Å². The Hall–Kier alpha value is -1.19. The number of hydrogen-bond acceptors (Lipinski definition) is 7. The fourth-order valence-electron chi connectivity index (χ4n) is 1.07. The van der Waals surface area contributed by atoms with E-state index < -0.39 is 10.0 Å². The predicted octanol–water partition coefficient (Wildman–Crippen LogP) is 0.273. The van der Waals surface area contributed by atoms with Gasteiger partial charge in [0.25, 0.3) is 0 Å². The highest BCUT2D eigenvalue weighted by Crippen LogP contribution is 2.12. The summed E-state index contributed by atoms with van der Waals surface area (Å²) >= 11 is 5.72. The van der Waals surface area contributed by atoms with Crippen LogP contribution in [0.25, 0.3) is 0 Å². The quantitative estimate of drug-likeness (QED) is 0.744. The lowest BCUT2D eigenvalue weighted by Crippen LogP contribution is -2.26. The third-order valence-corrected chi connectivity index (χ3v) is 3.43. The minimum atomic E-state index is -3.28. The molecule has 0 unspecified atom stereocenters. The van der Waals surface area contributed by atoms with Crippen LogP contribution in [0.2, 0.25) is 5.28 Å². The number of sulfonamides is 1. The molecule has 0 radical (unpaired) electrons. The first-order chi connectivity index (χ1) is 8.82. The maximum absolute atomic E-state index is 11.2. The second-order valence-corrected chi connectivity index (χ2v) is 6.21. The SMILES string of the molecule is CNS(=O)(=O)CCNc1nc(Cl)nc(OC(C)C)n1. The van der Waals surface area contributed by atoms with E-state index in [1.807, 2.05) is 13.8 Å². The van der Waals surface area contributed by atoms with Gasteiger partial charge in [-0.15, -0.1) is 0 Å². The molecule has 8 nitrogen and oxygen atoms in total. The summed E-state index contributed by atoms with van der Waals surface area (Å²) in [6.07, 6.45) is -0.101. The maximum atomic E-state index is 11.2. The zero-order chi connectivity index (χ0) is 14.5. The van der Waals surface area contributed by atoms with Gasteiger partial charge >= 0.3 is 6.01 Å². The first-order valence-electron chi connectivity index (χ1n) is 5.55. The van der Waals surface area contributed by atoms with Crippen LogP contribution >= 0.6 is 11.6 Å². The number of aromatic nitrogens is 3. The molecule has 108 valence electrons. The van der Waals surface area contributed by atoms with Crippen LogP contribution < -0.4 is 14.8 Å². The summed E-state index contributed by atoms with van der Waals surface area (Å²) in [7, 11) is -1.93. The molecule has 0 atom stereocenters. The number of ether oxygens (including phenoxy) is 1. The normalized spacial score (nSPS) is 11.6. The largest absolute Gasteiger partial charge is 0.461 e. The van der Waals surface area contributed by atoms with Crippen molar-refractivity contribution in [2.45, 2.75) is 20.0 Å². The van der Waals surface area contributed by atoms with Crippen molar-refractivity contribution in [2.75, 3.05) is 24.7 Å². The first kappa shape index (κ1) is 15.9. The molecular formula is C9H16ClN5O3S. The maximum Gasteiger partial charge on any atom is 0.322 e. The molecule has 0 aliphatic rings. The molecule has 10 heteroatoms. The highest BCUT2D eigenvalue weighted by atomic mass is 35.5. The Balaban J connectivity index is 2.66. The van der Waals surface area contributed by atoms with E-state index >= 15 is 0 Å². The molecule has 0 saturated heterocycles. The Labute approximate surface area is 117 Å². The third-order valence-electron chi connectivity index (χ3n) is 1.89. The van der Waals surface area contributed by atoms with Crippen molar-refractivity contribution >= 4 is 27.6 Å². The van der Waals surface area contributed by atoms with Crippen molar-refractivity contribution in [3.63, 3.8) is 0 Å². The molecular weight excluding hydrogens is 294 g/mol. The number of nitrogens with zero attached hydrogens (tertiary/aromatic N) is 3. The fraction of sp³-hybridized carbons (Fsp3) is 0.667. The second-order valence-electron chi connectivity index (χ2n) is 3.83. The molecule has 2 N–H and O–H groups in total. The monoisotopic (exact) mass is 309 g/mol. The zero-order valence-corrected chi connectivity index (χ0v) is 12.4. The number of rotatable bonds is 7. The molecule has 19 heavy (non-hydrogen) atoms. The molecule has 0 aliphatic carbocycles. The molecule has 0 bridgehead atoms. The topological polar surface area (TPSA) is 106 Å². The van der Waals surface area contributed by atoms with Gasteiger partial charge in [-0.2, -0.15) is 15.0 Å². The fourth-order valence-corrected chi connectivity index (χ4v) is 1.80. The molecule has 0 amide bonds. The van der Waals surface area contributed by atoms with Gasteiger partial charge < -0.3 is 10.1 Å². The average Bonchev–Trinajstić information content (AvgIpc) is 2.27. The lowest BCUT2D eigenvalue weighted by molar-refractivity contribution is 0.222. The van der Waals surface area contributed by atoms with Crippen molar-refractivity contribution in [2.24, 2.45) is 0 Å². The van der Waals surface area contributed by atoms with Gasteiger partial charge in [0.15, 0.2) is 0 Å². The third kappa shape index (κ3) is 5.99.